The van der Waals surface area contributed by atoms with Gasteiger partial charge in [0.25, 0.3) is 0 Å². The molecule has 0 aromatic carbocycles. The molecule has 1 rings (SSSR count). The highest BCUT2D eigenvalue weighted by molar-refractivity contribution is 7.73. The lowest BCUT2D eigenvalue weighted by molar-refractivity contribution is 0.492. The minimum atomic E-state index is -1.80. The first-order valence-corrected chi connectivity index (χ1v) is 4.52. The molecule has 1 saturated carbocycles. The van der Waals surface area contributed by atoms with Gasteiger partial charge in [-0.3, -0.25) is 0 Å². The molecule has 1 fully saturated rings. The van der Waals surface area contributed by atoms with Crippen LogP contribution in [0.5, 0.6) is 0 Å². The third-order valence-corrected chi connectivity index (χ3v) is 2.84. The highest BCUT2D eigenvalue weighted by atomic mass is 32.2. The molecule has 0 spiro atoms. The van der Waals surface area contributed by atoms with Gasteiger partial charge < -0.3 is 0 Å². The molecule has 1 aliphatic rings. The maximum Gasteiger partial charge on any atom is 0.191 e. The Morgan fingerprint density at radius 2 is 1.56 bits per heavy atom. The van der Waals surface area contributed by atoms with E-state index in [0.717, 1.165) is 25.7 Å². The molecule has 0 unspecified atom stereocenters. The highest BCUT2D eigenvalue weighted by Crippen LogP contribution is 2.19. The third kappa shape index (κ3) is 1.90. The van der Waals surface area contributed by atoms with Crippen molar-refractivity contribution in [3.05, 3.63) is 0 Å². The Bertz CT molecular complexity index is 137. The molecule has 0 aliphatic heterocycles. The molecule has 0 heterocycles. The standard InChI is InChI=1S/C6H11O2S/c7-9(8)6-4-2-1-3-5-6/h6H,1-5H2. The van der Waals surface area contributed by atoms with Crippen LogP contribution in [-0.4, -0.2) is 13.7 Å². The van der Waals surface area contributed by atoms with Crippen molar-refractivity contribution in [3.63, 3.8) is 0 Å². The summed E-state index contributed by atoms with van der Waals surface area (Å²) >= 11 is 0. The van der Waals surface area contributed by atoms with E-state index in [4.69, 9.17) is 0 Å². The molecule has 0 bridgehead atoms. The maximum atomic E-state index is 10.4. The van der Waals surface area contributed by atoms with Gasteiger partial charge in [-0.2, -0.15) is 8.42 Å². The van der Waals surface area contributed by atoms with Gasteiger partial charge in [0.05, 0.1) is 5.25 Å². The van der Waals surface area contributed by atoms with Crippen molar-refractivity contribution in [3.8, 4) is 0 Å². The Morgan fingerprint density at radius 1 is 1.00 bits per heavy atom. The molecular formula is C6H11O2S. The summed E-state index contributed by atoms with van der Waals surface area (Å²) in [6.07, 6.45) is 5.18. The Kier molecular flexibility index (Phi) is 2.39. The van der Waals surface area contributed by atoms with Gasteiger partial charge in [0.15, 0.2) is 10.7 Å². The SMILES string of the molecule is O=[S](=O)C1CCCCC1. The average Bonchev–Trinajstić information content (AvgIpc) is 1.90. The van der Waals surface area contributed by atoms with E-state index < -0.39 is 10.7 Å². The quantitative estimate of drug-likeness (QED) is 0.558. The predicted octanol–water partition coefficient (Wildman–Crippen LogP) is 1.20. The first-order valence-electron chi connectivity index (χ1n) is 3.39. The van der Waals surface area contributed by atoms with Crippen LogP contribution < -0.4 is 0 Å². The number of hydrogen-bond donors (Lipinski definition) is 0. The molecule has 0 aromatic heterocycles. The molecule has 3 heteroatoms. The Balaban J connectivity index is 2.40. The van der Waals surface area contributed by atoms with E-state index in [9.17, 15) is 8.42 Å². The summed E-state index contributed by atoms with van der Waals surface area (Å²) in [7, 11) is -1.80. The second-order valence-corrected chi connectivity index (χ2v) is 3.71. The monoisotopic (exact) mass is 147 g/mol. The normalized spacial score (nSPS) is 21.8. The number of hydrogen-bond acceptors (Lipinski definition) is 2. The van der Waals surface area contributed by atoms with Crippen molar-refractivity contribution in [2.24, 2.45) is 0 Å². The molecule has 0 saturated heterocycles. The van der Waals surface area contributed by atoms with E-state index in [1.54, 1.807) is 0 Å². The molecule has 0 atom stereocenters. The zero-order chi connectivity index (χ0) is 6.69. The summed E-state index contributed by atoms with van der Waals surface area (Å²) in [5.74, 6) is 0. The summed E-state index contributed by atoms with van der Waals surface area (Å²) in [4.78, 5) is 0. The van der Waals surface area contributed by atoms with Crippen molar-refractivity contribution in [2.75, 3.05) is 0 Å². The summed E-state index contributed by atoms with van der Waals surface area (Å²) in [6, 6.07) is 0. The van der Waals surface area contributed by atoms with Gasteiger partial charge in [-0.1, -0.05) is 19.3 Å². The van der Waals surface area contributed by atoms with Gasteiger partial charge in [-0.25, -0.2) is 0 Å². The van der Waals surface area contributed by atoms with Crippen LogP contribution in [0.25, 0.3) is 0 Å². The number of rotatable bonds is 1. The molecular weight excluding hydrogens is 136 g/mol. The smallest absolute Gasteiger partial charge is 0.189 e. The Hall–Kier alpha value is -0.180. The first-order chi connectivity index (χ1) is 4.30. The maximum absolute atomic E-state index is 10.4. The van der Waals surface area contributed by atoms with Crippen LogP contribution in [0.2, 0.25) is 0 Å². The van der Waals surface area contributed by atoms with Gasteiger partial charge in [0.1, 0.15) is 0 Å². The topological polar surface area (TPSA) is 34.1 Å². The zero-order valence-electron chi connectivity index (χ0n) is 5.34. The van der Waals surface area contributed by atoms with Gasteiger partial charge in [-0.05, 0) is 12.8 Å². The summed E-state index contributed by atoms with van der Waals surface area (Å²) in [6.45, 7) is 0. The third-order valence-electron chi connectivity index (χ3n) is 1.82. The lowest BCUT2D eigenvalue weighted by Gasteiger charge is -2.13. The van der Waals surface area contributed by atoms with E-state index in [-0.39, 0.29) is 5.25 Å². The second kappa shape index (κ2) is 3.11. The fraction of sp³-hybridized carbons (Fsp3) is 1.00. The fourth-order valence-electron chi connectivity index (χ4n) is 1.26. The zero-order valence-corrected chi connectivity index (χ0v) is 6.15. The minimum Gasteiger partial charge on any atom is -0.189 e. The summed E-state index contributed by atoms with van der Waals surface area (Å²) in [5, 5.41) is -0.0289. The van der Waals surface area contributed by atoms with Crippen LogP contribution in [0.1, 0.15) is 32.1 Å². The van der Waals surface area contributed by atoms with Crippen LogP contribution in [0.3, 0.4) is 0 Å². The van der Waals surface area contributed by atoms with Crippen molar-refractivity contribution < 1.29 is 8.42 Å². The van der Waals surface area contributed by atoms with Crippen LogP contribution in [0.4, 0.5) is 0 Å². The predicted molar refractivity (Wildman–Crippen MR) is 35.8 cm³/mol. The lowest BCUT2D eigenvalue weighted by atomic mass is 10.0. The van der Waals surface area contributed by atoms with Crippen molar-refractivity contribution in [2.45, 2.75) is 37.4 Å². The Labute approximate surface area is 57.2 Å². The van der Waals surface area contributed by atoms with Crippen molar-refractivity contribution >= 4 is 10.7 Å². The molecule has 1 aliphatic carbocycles. The van der Waals surface area contributed by atoms with E-state index in [1.807, 2.05) is 0 Å². The lowest BCUT2D eigenvalue weighted by Crippen LogP contribution is -2.13. The van der Waals surface area contributed by atoms with Crippen LogP contribution in [0, 0.1) is 0 Å². The first kappa shape index (κ1) is 6.93. The van der Waals surface area contributed by atoms with Gasteiger partial charge >= 0.3 is 0 Å². The molecule has 0 N–H and O–H groups in total. The fourth-order valence-corrected chi connectivity index (χ4v) is 1.98. The molecule has 0 aromatic rings. The van der Waals surface area contributed by atoms with Crippen molar-refractivity contribution in [1.82, 2.24) is 0 Å². The van der Waals surface area contributed by atoms with Gasteiger partial charge in [0, 0.05) is 0 Å². The second-order valence-electron chi connectivity index (χ2n) is 2.52. The van der Waals surface area contributed by atoms with Crippen LogP contribution >= 0.6 is 0 Å². The molecule has 53 valence electrons. The molecule has 0 amide bonds. The summed E-state index contributed by atoms with van der Waals surface area (Å²) in [5.41, 5.74) is 0. The van der Waals surface area contributed by atoms with Crippen LogP contribution in [0.15, 0.2) is 0 Å². The molecule has 9 heavy (non-hydrogen) atoms. The summed E-state index contributed by atoms with van der Waals surface area (Å²) < 4.78 is 20.7. The van der Waals surface area contributed by atoms with Gasteiger partial charge in [-0.15, -0.1) is 0 Å². The van der Waals surface area contributed by atoms with Gasteiger partial charge in [0.2, 0.25) is 0 Å². The Morgan fingerprint density at radius 3 is 1.89 bits per heavy atom. The van der Waals surface area contributed by atoms with E-state index in [2.05, 4.69) is 0 Å². The minimum absolute atomic E-state index is 0.0289. The van der Waals surface area contributed by atoms with Crippen LogP contribution in [-0.2, 0) is 10.7 Å². The average molecular weight is 147 g/mol. The van der Waals surface area contributed by atoms with E-state index in [0.29, 0.717) is 0 Å². The molecule has 2 nitrogen and oxygen atoms in total. The highest BCUT2D eigenvalue weighted by Gasteiger charge is 2.16. The van der Waals surface area contributed by atoms with E-state index >= 15 is 0 Å². The largest absolute Gasteiger partial charge is 0.191 e. The van der Waals surface area contributed by atoms with Crippen molar-refractivity contribution in [1.29, 1.82) is 0 Å². The molecule has 1 radical (unpaired) electrons. The van der Waals surface area contributed by atoms with E-state index in [1.165, 1.54) is 6.42 Å².